The highest BCUT2D eigenvalue weighted by atomic mass is 16.4. The lowest BCUT2D eigenvalue weighted by Crippen LogP contribution is -2.30. The SMILES string of the molecule is CC/C=C(/NC(=O)C1CC1(CC)CC)C(=O)O. The van der Waals surface area contributed by atoms with E-state index in [0.29, 0.717) is 6.42 Å². The molecule has 1 fully saturated rings. The average molecular weight is 239 g/mol. The molecular weight excluding hydrogens is 218 g/mol. The van der Waals surface area contributed by atoms with Crippen LogP contribution in [0.15, 0.2) is 11.8 Å². The Morgan fingerprint density at radius 1 is 1.35 bits per heavy atom. The zero-order valence-electron chi connectivity index (χ0n) is 10.7. The summed E-state index contributed by atoms with van der Waals surface area (Å²) in [6.45, 7) is 6.00. The Bertz CT molecular complexity index is 343. The van der Waals surface area contributed by atoms with Crippen molar-refractivity contribution in [2.24, 2.45) is 11.3 Å². The fourth-order valence-electron chi connectivity index (χ4n) is 2.37. The van der Waals surface area contributed by atoms with Gasteiger partial charge in [0, 0.05) is 5.92 Å². The Kier molecular flexibility index (Phi) is 4.32. The maximum Gasteiger partial charge on any atom is 0.352 e. The van der Waals surface area contributed by atoms with Crippen molar-refractivity contribution in [2.75, 3.05) is 0 Å². The highest BCUT2D eigenvalue weighted by molar-refractivity contribution is 5.94. The van der Waals surface area contributed by atoms with Crippen LogP contribution in [0, 0.1) is 11.3 Å². The van der Waals surface area contributed by atoms with E-state index in [-0.39, 0.29) is 22.9 Å². The van der Waals surface area contributed by atoms with Crippen LogP contribution >= 0.6 is 0 Å². The third-order valence-corrected chi connectivity index (χ3v) is 3.81. The molecule has 4 heteroatoms. The van der Waals surface area contributed by atoms with Gasteiger partial charge in [-0.1, -0.05) is 26.8 Å². The molecule has 1 aliphatic carbocycles. The molecule has 0 aromatic heterocycles. The standard InChI is InChI=1S/C13H21NO3/c1-4-7-10(12(16)17)14-11(15)9-8-13(9,5-2)6-3/h7,9H,4-6,8H2,1-3H3,(H,14,15)(H,16,17)/b10-7+. The summed E-state index contributed by atoms with van der Waals surface area (Å²) >= 11 is 0. The van der Waals surface area contributed by atoms with Crippen LogP contribution in [0.5, 0.6) is 0 Å². The summed E-state index contributed by atoms with van der Waals surface area (Å²) in [6.07, 6.45) is 4.95. The zero-order valence-corrected chi connectivity index (χ0v) is 10.7. The van der Waals surface area contributed by atoms with Gasteiger partial charge in [0.15, 0.2) is 0 Å². The number of allylic oxidation sites excluding steroid dienone is 1. The lowest BCUT2D eigenvalue weighted by molar-refractivity contribution is -0.135. The number of amides is 1. The van der Waals surface area contributed by atoms with Crippen molar-refractivity contribution in [3.05, 3.63) is 11.8 Å². The summed E-state index contributed by atoms with van der Waals surface area (Å²) in [6, 6.07) is 0. The molecule has 0 aliphatic heterocycles. The smallest absolute Gasteiger partial charge is 0.352 e. The third-order valence-electron chi connectivity index (χ3n) is 3.81. The van der Waals surface area contributed by atoms with E-state index in [2.05, 4.69) is 19.2 Å². The summed E-state index contributed by atoms with van der Waals surface area (Å²) in [4.78, 5) is 22.8. The second kappa shape index (κ2) is 5.34. The van der Waals surface area contributed by atoms with Gasteiger partial charge in [-0.3, -0.25) is 4.79 Å². The topological polar surface area (TPSA) is 66.4 Å². The number of hydrogen-bond acceptors (Lipinski definition) is 2. The molecule has 17 heavy (non-hydrogen) atoms. The number of hydrogen-bond donors (Lipinski definition) is 2. The van der Waals surface area contributed by atoms with Crippen LogP contribution in [0.2, 0.25) is 0 Å². The van der Waals surface area contributed by atoms with Crippen LogP contribution in [0.25, 0.3) is 0 Å². The van der Waals surface area contributed by atoms with E-state index in [4.69, 9.17) is 5.11 Å². The number of carboxylic acids is 1. The molecule has 0 radical (unpaired) electrons. The normalized spacial score (nSPS) is 22.1. The molecule has 0 spiro atoms. The molecule has 0 aromatic carbocycles. The summed E-state index contributed by atoms with van der Waals surface area (Å²) < 4.78 is 0. The number of carbonyl (C=O) groups excluding carboxylic acids is 1. The van der Waals surface area contributed by atoms with E-state index in [1.54, 1.807) is 0 Å². The third kappa shape index (κ3) is 2.87. The van der Waals surface area contributed by atoms with E-state index in [1.165, 1.54) is 6.08 Å². The van der Waals surface area contributed by atoms with Gasteiger partial charge in [0.2, 0.25) is 5.91 Å². The highest BCUT2D eigenvalue weighted by Gasteiger charge is 2.55. The number of nitrogens with one attached hydrogen (secondary N) is 1. The summed E-state index contributed by atoms with van der Waals surface area (Å²) in [5.74, 6) is -1.23. The van der Waals surface area contributed by atoms with Crippen molar-refractivity contribution in [3.63, 3.8) is 0 Å². The molecule has 4 nitrogen and oxygen atoms in total. The molecule has 0 saturated heterocycles. The fourth-order valence-corrected chi connectivity index (χ4v) is 2.37. The van der Waals surface area contributed by atoms with Gasteiger partial charge in [0.1, 0.15) is 5.70 Å². The van der Waals surface area contributed by atoms with Gasteiger partial charge in [-0.2, -0.15) is 0 Å². The average Bonchev–Trinajstić information content (AvgIpc) is 3.03. The monoisotopic (exact) mass is 239 g/mol. The second-order valence-corrected chi connectivity index (χ2v) is 4.65. The summed E-state index contributed by atoms with van der Waals surface area (Å²) in [5.41, 5.74) is 0.116. The summed E-state index contributed by atoms with van der Waals surface area (Å²) in [5, 5.41) is 11.4. The molecule has 96 valence electrons. The van der Waals surface area contributed by atoms with Crippen molar-refractivity contribution < 1.29 is 14.7 Å². The van der Waals surface area contributed by atoms with Crippen molar-refractivity contribution in [1.29, 1.82) is 0 Å². The lowest BCUT2D eigenvalue weighted by Gasteiger charge is -2.12. The van der Waals surface area contributed by atoms with Crippen LogP contribution in [0.1, 0.15) is 46.5 Å². The number of carbonyl (C=O) groups is 2. The minimum atomic E-state index is -1.07. The first-order valence-electron chi connectivity index (χ1n) is 6.25. The molecule has 2 N–H and O–H groups in total. The van der Waals surface area contributed by atoms with E-state index in [0.717, 1.165) is 19.3 Å². The maximum absolute atomic E-state index is 11.9. The van der Waals surface area contributed by atoms with E-state index in [1.807, 2.05) is 6.92 Å². The summed E-state index contributed by atoms with van der Waals surface area (Å²) in [7, 11) is 0. The Labute approximate surface area is 102 Å². The Balaban J connectivity index is 2.62. The number of carboxylic acid groups (broad SMARTS) is 1. The zero-order chi connectivity index (χ0) is 13.1. The first kappa shape index (κ1) is 13.7. The van der Waals surface area contributed by atoms with Crippen molar-refractivity contribution >= 4 is 11.9 Å². The van der Waals surface area contributed by atoms with E-state index < -0.39 is 5.97 Å². The molecule has 0 bridgehead atoms. The van der Waals surface area contributed by atoms with Crippen molar-refractivity contribution in [3.8, 4) is 0 Å². The molecule has 0 aromatic rings. The Morgan fingerprint density at radius 3 is 2.29 bits per heavy atom. The van der Waals surface area contributed by atoms with Crippen LogP contribution in [-0.2, 0) is 9.59 Å². The molecule has 0 heterocycles. The number of aliphatic carboxylic acids is 1. The molecular formula is C13H21NO3. The van der Waals surface area contributed by atoms with E-state index >= 15 is 0 Å². The molecule has 1 unspecified atom stereocenters. The highest BCUT2D eigenvalue weighted by Crippen LogP contribution is 2.57. The Hall–Kier alpha value is -1.32. The van der Waals surface area contributed by atoms with Crippen molar-refractivity contribution in [2.45, 2.75) is 46.5 Å². The van der Waals surface area contributed by atoms with Crippen LogP contribution in [0.4, 0.5) is 0 Å². The van der Waals surface area contributed by atoms with Crippen LogP contribution in [-0.4, -0.2) is 17.0 Å². The molecule has 1 atom stereocenters. The number of rotatable bonds is 6. The van der Waals surface area contributed by atoms with Gasteiger partial charge in [-0.15, -0.1) is 0 Å². The first-order chi connectivity index (χ1) is 8.00. The van der Waals surface area contributed by atoms with Crippen molar-refractivity contribution in [1.82, 2.24) is 5.32 Å². The van der Waals surface area contributed by atoms with Gasteiger partial charge in [-0.25, -0.2) is 4.79 Å². The molecule has 1 amide bonds. The molecule has 1 rings (SSSR count). The maximum atomic E-state index is 11.9. The predicted octanol–water partition coefficient (Wildman–Crippen LogP) is 2.31. The first-order valence-corrected chi connectivity index (χ1v) is 6.25. The molecule has 1 saturated carbocycles. The predicted molar refractivity (Wildman–Crippen MR) is 65.3 cm³/mol. The van der Waals surface area contributed by atoms with Gasteiger partial charge in [-0.05, 0) is 31.1 Å². The van der Waals surface area contributed by atoms with Gasteiger partial charge < -0.3 is 10.4 Å². The fraction of sp³-hybridized carbons (Fsp3) is 0.692. The van der Waals surface area contributed by atoms with Gasteiger partial charge in [0.25, 0.3) is 0 Å². The van der Waals surface area contributed by atoms with Crippen LogP contribution in [0.3, 0.4) is 0 Å². The van der Waals surface area contributed by atoms with Crippen LogP contribution < -0.4 is 5.32 Å². The quantitative estimate of drug-likeness (QED) is 0.699. The largest absolute Gasteiger partial charge is 0.477 e. The lowest BCUT2D eigenvalue weighted by atomic mass is 9.97. The van der Waals surface area contributed by atoms with E-state index in [9.17, 15) is 9.59 Å². The second-order valence-electron chi connectivity index (χ2n) is 4.65. The van der Waals surface area contributed by atoms with Gasteiger partial charge in [0.05, 0.1) is 0 Å². The Morgan fingerprint density at radius 2 is 1.94 bits per heavy atom. The minimum Gasteiger partial charge on any atom is -0.477 e. The minimum absolute atomic E-state index is 0.00510. The molecule has 1 aliphatic rings. The van der Waals surface area contributed by atoms with Gasteiger partial charge >= 0.3 is 5.97 Å².